The van der Waals surface area contributed by atoms with E-state index in [0.29, 0.717) is 5.75 Å². The molecule has 1 rings (SSSR count). The molecule has 0 aliphatic heterocycles. The molecule has 1 aromatic rings. The van der Waals surface area contributed by atoms with E-state index in [1.807, 2.05) is 26.0 Å². The van der Waals surface area contributed by atoms with E-state index in [1.165, 1.54) is 6.92 Å². The summed E-state index contributed by atoms with van der Waals surface area (Å²) in [6.45, 7) is 6.40. The van der Waals surface area contributed by atoms with Crippen LogP contribution in [0.3, 0.4) is 0 Å². The fraction of sp³-hybridized carbons (Fsp3) is 0.462. The van der Waals surface area contributed by atoms with E-state index >= 15 is 0 Å². The van der Waals surface area contributed by atoms with Crippen molar-refractivity contribution in [3.05, 3.63) is 28.2 Å². The molecule has 0 saturated carbocycles. The number of halogens is 1. The largest absolute Gasteiger partial charge is 0.479 e. The summed E-state index contributed by atoms with van der Waals surface area (Å²) in [7, 11) is 0. The van der Waals surface area contributed by atoms with E-state index in [2.05, 4.69) is 21.2 Å². The van der Waals surface area contributed by atoms with Crippen molar-refractivity contribution in [2.45, 2.75) is 32.9 Å². The molecule has 0 heterocycles. The van der Waals surface area contributed by atoms with Gasteiger partial charge < -0.3 is 15.2 Å². The zero-order valence-electron chi connectivity index (χ0n) is 10.7. The Morgan fingerprint density at radius 3 is 2.72 bits per heavy atom. The third-order valence-electron chi connectivity index (χ3n) is 2.60. The molecule has 5 heteroatoms. The minimum absolute atomic E-state index is 0.110. The van der Waals surface area contributed by atoms with Crippen molar-refractivity contribution in [3.63, 3.8) is 0 Å². The number of carboxylic acid groups (broad SMARTS) is 1. The molecule has 2 atom stereocenters. The molecule has 0 fully saturated rings. The number of nitrogens with one attached hydrogen (secondary N) is 1. The molecule has 0 radical (unpaired) electrons. The molecule has 0 aliphatic rings. The zero-order chi connectivity index (χ0) is 13.7. The van der Waals surface area contributed by atoms with E-state index in [1.54, 1.807) is 6.07 Å². The Morgan fingerprint density at radius 1 is 1.50 bits per heavy atom. The summed E-state index contributed by atoms with van der Waals surface area (Å²) in [5, 5.41) is 12.2. The Morgan fingerprint density at radius 2 is 2.17 bits per heavy atom. The lowest BCUT2D eigenvalue weighted by molar-refractivity contribution is -0.144. The average Bonchev–Trinajstić information content (AvgIpc) is 2.29. The minimum atomic E-state index is -0.975. The smallest absolute Gasteiger partial charge is 0.344 e. The summed E-state index contributed by atoms with van der Waals surface area (Å²) >= 11 is 3.36. The summed E-state index contributed by atoms with van der Waals surface area (Å²) in [5.74, 6) is -0.384. The fourth-order valence-corrected chi connectivity index (χ4v) is 1.97. The monoisotopic (exact) mass is 315 g/mol. The first-order valence-electron chi connectivity index (χ1n) is 5.88. The molecule has 0 aliphatic carbocycles. The molecule has 0 saturated heterocycles. The van der Waals surface area contributed by atoms with E-state index in [-0.39, 0.29) is 6.04 Å². The second-order valence-corrected chi connectivity index (χ2v) is 4.98. The van der Waals surface area contributed by atoms with Gasteiger partial charge in [0.05, 0.1) is 0 Å². The summed E-state index contributed by atoms with van der Waals surface area (Å²) in [6, 6.07) is 5.75. The Kier molecular flexibility index (Phi) is 5.62. The van der Waals surface area contributed by atoms with Crippen LogP contribution in [0.5, 0.6) is 5.75 Å². The topological polar surface area (TPSA) is 58.6 Å². The fourth-order valence-electron chi connectivity index (χ4n) is 1.62. The van der Waals surface area contributed by atoms with Gasteiger partial charge in [-0.3, -0.25) is 0 Å². The maximum Gasteiger partial charge on any atom is 0.344 e. The van der Waals surface area contributed by atoms with Crippen molar-refractivity contribution in [3.8, 4) is 5.75 Å². The number of benzene rings is 1. The van der Waals surface area contributed by atoms with Gasteiger partial charge in [-0.15, -0.1) is 0 Å². The highest BCUT2D eigenvalue weighted by molar-refractivity contribution is 9.10. The molecule has 0 amide bonds. The standard InChI is InChI=1S/C13H18BrNO3/c1-4-15-8(2)11-6-5-10(14)7-12(11)18-9(3)13(16)17/h5-9,15H,4H2,1-3H3,(H,16,17). The van der Waals surface area contributed by atoms with Crippen molar-refractivity contribution in [1.29, 1.82) is 0 Å². The van der Waals surface area contributed by atoms with Gasteiger partial charge in [0, 0.05) is 16.1 Å². The molecular weight excluding hydrogens is 298 g/mol. The number of carboxylic acids is 1. The predicted octanol–water partition coefficient (Wildman–Crippen LogP) is 2.97. The normalized spacial score (nSPS) is 14.0. The lowest BCUT2D eigenvalue weighted by Crippen LogP contribution is -2.25. The third kappa shape index (κ3) is 3.99. The van der Waals surface area contributed by atoms with Crippen LogP contribution in [0.4, 0.5) is 0 Å². The molecule has 100 valence electrons. The van der Waals surface area contributed by atoms with Gasteiger partial charge in [-0.2, -0.15) is 0 Å². The number of hydrogen-bond donors (Lipinski definition) is 2. The van der Waals surface area contributed by atoms with Crippen molar-refractivity contribution in [2.75, 3.05) is 6.54 Å². The first-order chi connectivity index (χ1) is 8.45. The Bertz CT molecular complexity index is 423. The van der Waals surface area contributed by atoms with Crippen LogP contribution in [-0.2, 0) is 4.79 Å². The average molecular weight is 316 g/mol. The van der Waals surface area contributed by atoms with Crippen molar-refractivity contribution < 1.29 is 14.6 Å². The van der Waals surface area contributed by atoms with Crippen LogP contribution in [0.25, 0.3) is 0 Å². The molecule has 18 heavy (non-hydrogen) atoms. The lowest BCUT2D eigenvalue weighted by Gasteiger charge is -2.19. The Labute approximate surface area is 115 Å². The van der Waals surface area contributed by atoms with E-state index in [4.69, 9.17) is 9.84 Å². The van der Waals surface area contributed by atoms with Gasteiger partial charge in [0.2, 0.25) is 0 Å². The molecule has 2 unspecified atom stereocenters. The van der Waals surface area contributed by atoms with Crippen LogP contribution in [-0.4, -0.2) is 23.7 Å². The lowest BCUT2D eigenvalue weighted by atomic mass is 10.1. The van der Waals surface area contributed by atoms with Gasteiger partial charge in [0.25, 0.3) is 0 Å². The van der Waals surface area contributed by atoms with E-state index in [0.717, 1.165) is 16.6 Å². The molecule has 0 aromatic heterocycles. The van der Waals surface area contributed by atoms with Gasteiger partial charge in [-0.05, 0) is 32.5 Å². The van der Waals surface area contributed by atoms with Gasteiger partial charge >= 0.3 is 5.97 Å². The van der Waals surface area contributed by atoms with E-state index in [9.17, 15) is 4.79 Å². The maximum absolute atomic E-state index is 10.8. The quantitative estimate of drug-likeness (QED) is 0.847. The summed E-state index contributed by atoms with van der Waals surface area (Å²) in [5.41, 5.74) is 0.952. The van der Waals surface area contributed by atoms with Crippen LogP contribution < -0.4 is 10.1 Å². The number of rotatable bonds is 6. The Hall–Kier alpha value is -1.07. The summed E-state index contributed by atoms with van der Waals surface area (Å²) in [6.07, 6.45) is -0.869. The summed E-state index contributed by atoms with van der Waals surface area (Å²) < 4.78 is 6.35. The highest BCUT2D eigenvalue weighted by Gasteiger charge is 2.17. The van der Waals surface area contributed by atoms with Crippen molar-refractivity contribution in [1.82, 2.24) is 5.32 Å². The van der Waals surface area contributed by atoms with Crippen molar-refractivity contribution in [2.24, 2.45) is 0 Å². The van der Waals surface area contributed by atoms with E-state index < -0.39 is 12.1 Å². The molecule has 4 nitrogen and oxygen atoms in total. The first kappa shape index (κ1) is 15.0. The van der Waals surface area contributed by atoms with Crippen LogP contribution in [0, 0.1) is 0 Å². The van der Waals surface area contributed by atoms with Crippen LogP contribution in [0.1, 0.15) is 32.4 Å². The van der Waals surface area contributed by atoms with Gasteiger partial charge in [-0.25, -0.2) is 4.79 Å². The first-order valence-corrected chi connectivity index (χ1v) is 6.67. The molecular formula is C13H18BrNO3. The molecule has 0 spiro atoms. The number of hydrogen-bond acceptors (Lipinski definition) is 3. The van der Waals surface area contributed by atoms with Gasteiger partial charge in [0.1, 0.15) is 5.75 Å². The van der Waals surface area contributed by atoms with Crippen LogP contribution in [0.2, 0.25) is 0 Å². The number of carbonyl (C=O) groups is 1. The predicted molar refractivity (Wildman–Crippen MR) is 74.0 cm³/mol. The van der Waals surface area contributed by atoms with Gasteiger partial charge in [0.15, 0.2) is 6.10 Å². The van der Waals surface area contributed by atoms with Gasteiger partial charge in [-0.1, -0.05) is 28.9 Å². The zero-order valence-corrected chi connectivity index (χ0v) is 12.3. The van der Waals surface area contributed by atoms with Crippen molar-refractivity contribution >= 4 is 21.9 Å². The highest BCUT2D eigenvalue weighted by Crippen LogP contribution is 2.29. The number of aliphatic carboxylic acids is 1. The van der Waals surface area contributed by atoms with Crippen LogP contribution in [0.15, 0.2) is 22.7 Å². The summed E-state index contributed by atoms with van der Waals surface area (Å²) in [4.78, 5) is 10.8. The molecule has 1 aromatic carbocycles. The SMILES string of the molecule is CCNC(C)c1ccc(Br)cc1OC(C)C(=O)O. The minimum Gasteiger partial charge on any atom is -0.479 e. The molecule has 0 bridgehead atoms. The second kappa shape index (κ2) is 6.75. The molecule has 2 N–H and O–H groups in total. The second-order valence-electron chi connectivity index (χ2n) is 4.06. The number of ether oxygens (including phenoxy) is 1. The van der Waals surface area contributed by atoms with Crippen LogP contribution >= 0.6 is 15.9 Å². The third-order valence-corrected chi connectivity index (χ3v) is 3.10. The highest BCUT2D eigenvalue weighted by atomic mass is 79.9. The Balaban J connectivity index is 2.99. The maximum atomic E-state index is 10.8.